The van der Waals surface area contributed by atoms with Gasteiger partial charge in [0.15, 0.2) is 0 Å². The highest BCUT2D eigenvalue weighted by Gasteiger charge is 2.26. The zero-order valence-electron chi connectivity index (χ0n) is 8.80. The number of rotatable bonds is 2. The molecule has 0 aliphatic carbocycles. The van der Waals surface area contributed by atoms with Gasteiger partial charge in [-0.25, -0.2) is 0 Å². The van der Waals surface area contributed by atoms with Crippen molar-refractivity contribution >= 4 is 0 Å². The first-order valence-electron chi connectivity index (χ1n) is 4.77. The predicted molar refractivity (Wildman–Crippen MR) is 51.9 cm³/mol. The summed E-state index contributed by atoms with van der Waals surface area (Å²) < 4.78 is 1.03. The van der Waals surface area contributed by atoms with Crippen molar-refractivity contribution in [1.82, 2.24) is 10.2 Å². The minimum absolute atomic E-state index is 0.632. The van der Waals surface area contributed by atoms with Crippen molar-refractivity contribution in [2.75, 3.05) is 47.3 Å². The molecule has 0 aromatic heterocycles. The normalized spacial score (nSPS) is 24.0. The van der Waals surface area contributed by atoms with Crippen LogP contribution in [-0.2, 0) is 0 Å². The molecule has 1 aliphatic rings. The van der Waals surface area contributed by atoms with Crippen molar-refractivity contribution in [3.05, 3.63) is 0 Å². The fourth-order valence-electron chi connectivity index (χ4n) is 1.55. The average molecular weight is 172 g/mol. The van der Waals surface area contributed by atoms with E-state index in [1.807, 2.05) is 0 Å². The summed E-state index contributed by atoms with van der Waals surface area (Å²) in [5.41, 5.74) is 0. The number of nitrogens with one attached hydrogen (secondary N) is 1. The summed E-state index contributed by atoms with van der Waals surface area (Å²) in [4.78, 5) is 2.55. The topological polar surface area (TPSA) is 15.3 Å². The van der Waals surface area contributed by atoms with Crippen LogP contribution in [0.1, 0.15) is 6.92 Å². The molecule has 0 aromatic rings. The van der Waals surface area contributed by atoms with Crippen molar-refractivity contribution in [2.45, 2.75) is 13.1 Å². The summed E-state index contributed by atoms with van der Waals surface area (Å²) in [6, 6.07) is 0. The predicted octanol–water partition coefficient (Wildman–Crippen LogP) is -0.0562. The van der Waals surface area contributed by atoms with Crippen LogP contribution in [0.5, 0.6) is 0 Å². The van der Waals surface area contributed by atoms with E-state index in [1.165, 1.54) is 13.1 Å². The second-order valence-corrected chi connectivity index (χ2v) is 4.53. The van der Waals surface area contributed by atoms with Crippen molar-refractivity contribution < 1.29 is 4.48 Å². The third-order valence-electron chi connectivity index (χ3n) is 2.80. The Hall–Kier alpha value is -0.120. The van der Waals surface area contributed by atoms with Gasteiger partial charge >= 0.3 is 0 Å². The second kappa shape index (κ2) is 3.73. The van der Waals surface area contributed by atoms with E-state index in [0.717, 1.165) is 17.6 Å². The summed E-state index contributed by atoms with van der Waals surface area (Å²) >= 11 is 0. The van der Waals surface area contributed by atoms with Gasteiger partial charge in [0.25, 0.3) is 0 Å². The minimum Gasteiger partial charge on any atom is -0.316 e. The summed E-state index contributed by atoms with van der Waals surface area (Å²) in [6.45, 7) is 6.98. The van der Waals surface area contributed by atoms with Gasteiger partial charge in [-0.05, 0) is 0 Å². The average Bonchev–Trinajstić information content (AvgIpc) is 2.03. The van der Waals surface area contributed by atoms with Crippen molar-refractivity contribution in [1.29, 1.82) is 0 Å². The van der Waals surface area contributed by atoms with Crippen LogP contribution in [0.3, 0.4) is 0 Å². The van der Waals surface area contributed by atoms with Crippen LogP contribution in [0.4, 0.5) is 0 Å². The third-order valence-corrected chi connectivity index (χ3v) is 2.80. The maximum absolute atomic E-state index is 3.37. The number of hydrogen-bond acceptors (Lipinski definition) is 2. The molecule has 3 nitrogen and oxygen atoms in total. The van der Waals surface area contributed by atoms with E-state index in [0.29, 0.717) is 6.17 Å². The Kier molecular flexibility index (Phi) is 3.09. The first-order valence-corrected chi connectivity index (χ1v) is 4.77. The molecule has 1 N–H and O–H groups in total. The van der Waals surface area contributed by atoms with Gasteiger partial charge in [0, 0.05) is 33.1 Å². The lowest BCUT2D eigenvalue weighted by Gasteiger charge is -2.41. The van der Waals surface area contributed by atoms with Crippen LogP contribution < -0.4 is 5.32 Å². The number of hydrogen-bond donors (Lipinski definition) is 1. The van der Waals surface area contributed by atoms with Gasteiger partial charge in [-0.2, -0.15) is 0 Å². The number of nitrogens with zero attached hydrogens (tertiary/aromatic N) is 2. The van der Waals surface area contributed by atoms with Crippen LogP contribution in [0.2, 0.25) is 0 Å². The van der Waals surface area contributed by atoms with E-state index in [9.17, 15) is 0 Å². The van der Waals surface area contributed by atoms with Crippen LogP contribution in [0.25, 0.3) is 0 Å². The fraction of sp³-hybridized carbons (Fsp3) is 1.00. The maximum Gasteiger partial charge on any atom is 0.141 e. The molecular formula is C9H22N3+. The molecule has 3 heteroatoms. The van der Waals surface area contributed by atoms with Gasteiger partial charge in [0.2, 0.25) is 0 Å². The molecule has 0 spiro atoms. The Bertz CT molecular complexity index is 133. The monoisotopic (exact) mass is 172 g/mol. The summed E-state index contributed by atoms with van der Waals surface area (Å²) in [5.74, 6) is 0. The quantitative estimate of drug-likeness (QED) is 0.587. The summed E-state index contributed by atoms with van der Waals surface area (Å²) in [7, 11) is 6.77. The molecule has 1 fully saturated rings. The van der Waals surface area contributed by atoms with E-state index in [4.69, 9.17) is 0 Å². The van der Waals surface area contributed by atoms with Gasteiger partial charge in [0.05, 0.1) is 21.1 Å². The highest BCUT2D eigenvalue weighted by atomic mass is 15.4. The first kappa shape index (κ1) is 9.96. The highest BCUT2D eigenvalue weighted by Crippen LogP contribution is 2.08. The van der Waals surface area contributed by atoms with Crippen LogP contribution >= 0.6 is 0 Å². The Balaban J connectivity index is 2.45. The Labute approximate surface area is 75.9 Å². The van der Waals surface area contributed by atoms with Crippen LogP contribution in [0.15, 0.2) is 0 Å². The van der Waals surface area contributed by atoms with Crippen molar-refractivity contribution in [2.24, 2.45) is 0 Å². The standard InChI is InChI=1S/C9H22N3/c1-9(12(2,3)4)11-7-5-10-6-8-11/h9-10H,5-8H2,1-4H3/q+1. The number of quaternary nitrogens is 1. The molecule has 72 valence electrons. The Morgan fingerprint density at radius 1 is 1.17 bits per heavy atom. The molecule has 0 saturated carbocycles. The molecule has 0 aromatic carbocycles. The molecule has 1 atom stereocenters. The fourth-order valence-corrected chi connectivity index (χ4v) is 1.55. The highest BCUT2D eigenvalue weighted by molar-refractivity contribution is 4.68. The summed E-state index contributed by atoms with van der Waals surface area (Å²) in [6.07, 6.45) is 0.632. The van der Waals surface area contributed by atoms with E-state index < -0.39 is 0 Å². The largest absolute Gasteiger partial charge is 0.316 e. The van der Waals surface area contributed by atoms with Gasteiger partial charge in [0.1, 0.15) is 6.17 Å². The molecule has 0 bridgehead atoms. The SMILES string of the molecule is CC(N1CCNCC1)[N+](C)(C)C. The first-order chi connectivity index (χ1) is 5.52. The molecular weight excluding hydrogens is 150 g/mol. The van der Waals surface area contributed by atoms with E-state index in [2.05, 4.69) is 38.3 Å². The van der Waals surface area contributed by atoms with Crippen LogP contribution in [0, 0.1) is 0 Å². The minimum atomic E-state index is 0.632. The summed E-state index contributed by atoms with van der Waals surface area (Å²) in [5, 5.41) is 3.37. The second-order valence-electron chi connectivity index (χ2n) is 4.53. The lowest BCUT2D eigenvalue weighted by Crippen LogP contribution is -2.58. The molecule has 12 heavy (non-hydrogen) atoms. The lowest BCUT2D eigenvalue weighted by molar-refractivity contribution is -0.906. The maximum atomic E-state index is 3.37. The molecule has 1 heterocycles. The number of piperazine rings is 1. The van der Waals surface area contributed by atoms with Crippen molar-refractivity contribution in [3.8, 4) is 0 Å². The zero-order chi connectivity index (χ0) is 9.19. The van der Waals surface area contributed by atoms with Crippen LogP contribution in [-0.4, -0.2) is 62.9 Å². The van der Waals surface area contributed by atoms with E-state index in [1.54, 1.807) is 0 Å². The third kappa shape index (κ3) is 2.44. The van der Waals surface area contributed by atoms with E-state index >= 15 is 0 Å². The molecule has 0 amide bonds. The van der Waals surface area contributed by atoms with Crippen molar-refractivity contribution in [3.63, 3.8) is 0 Å². The Morgan fingerprint density at radius 2 is 1.67 bits per heavy atom. The lowest BCUT2D eigenvalue weighted by atomic mass is 10.3. The molecule has 1 saturated heterocycles. The Morgan fingerprint density at radius 3 is 2.08 bits per heavy atom. The van der Waals surface area contributed by atoms with E-state index in [-0.39, 0.29) is 0 Å². The molecule has 1 rings (SSSR count). The van der Waals surface area contributed by atoms with Gasteiger partial charge in [-0.1, -0.05) is 0 Å². The smallest absolute Gasteiger partial charge is 0.141 e. The zero-order valence-corrected chi connectivity index (χ0v) is 8.80. The molecule has 0 radical (unpaired) electrons. The van der Waals surface area contributed by atoms with Gasteiger partial charge in [-0.3, -0.25) is 4.90 Å². The molecule has 1 aliphatic heterocycles. The van der Waals surface area contributed by atoms with Gasteiger partial charge in [-0.15, -0.1) is 0 Å². The van der Waals surface area contributed by atoms with Gasteiger partial charge < -0.3 is 9.80 Å². The molecule has 1 unspecified atom stereocenters.